The number of anilines is 1. The topological polar surface area (TPSA) is 141 Å². The number of benzene rings is 2. The molecule has 0 saturated carbocycles. The molecule has 1 aliphatic rings. The number of cyclic esters (lactones) is 1. The molecular weight excluding hydrogens is 412 g/mol. The molecule has 9 heteroatoms. The molecule has 2 aromatic rings. The van der Waals surface area contributed by atoms with Crippen molar-refractivity contribution in [3.8, 4) is 5.75 Å². The molecule has 1 heterocycles. The Kier molecular flexibility index (Phi) is 6.99. The molecule has 32 heavy (non-hydrogen) atoms. The maximum Gasteiger partial charge on any atom is 0.414 e. The highest BCUT2D eigenvalue weighted by molar-refractivity contribution is 5.96. The second-order valence-electron chi connectivity index (χ2n) is 7.71. The Morgan fingerprint density at radius 3 is 2.44 bits per heavy atom. The molecule has 9 nitrogen and oxygen atoms in total. The first-order valence-electron chi connectivity index (χ1n) is 10.3. The lowest BCUT2D eigenvalue weighted by molar-refractivity contribution is -0.147. The van der Waals surface area contributed by atoms with E-state index < -0.39 is 23.7 Å². The van der Waals surface area contributed by atoms with E-state index in [0.717, 1.165) is 5.56 Å². The maximum absolute atomic E-state index is 12.2. The van der Waals surface area contributed by atoms with E-state index in [4.69, 9.17) is 31.1 Å². The molecule has 0 bridgehead atoms. The summed E-state index contributed by atoms with van der Waals surface area (Å²) in [5, 5.41) is 7.45. The summed E-state index contributed by atoms with van der Waals surface area (Å²) in [5.74, 6) is 0.144. The Balaban J connectivity index is 1.55. The van der Waals surface area contributed by atoms with Gasteiger partial charge >= 0.3 is 12.1 Å². The first kappa shape index (κ1) is 23.1. The van der Waals surface area contributed by atoms with Gasteiger partial charge in [-0.3, -0.25) is 15.1 Å². The zero-order valence-electron chi connectivity index (χ0n) is 18.2. The van der Waals surface area contributed by atoms with Crippen LogP contribution in [0.15, 0.2) is 48.5 Å². The van der Waals surface area contributed by atoms with Crippen LogP contribution in [0, 0.1) is 5.41 Å². The summed E-state index contributed by atoms with van der Waals surface area (Å²) in [6.45, 7) is 2.39. The van der Waals surface area contributed by atoms with Crippen molar-refractivity contribution >= 4 is 23.6 Å². The molecule has 2 atom stereocenters. The summed E-state index contributed by atoms with van der Waals surface area (Å²) in [6.07, 6.45) is -0.0653. The molecule has 1 aliphatic heterocycles. The average Bonchev–Trinajstić information content (AvgIpc) is 3.18. The highest BCUT2D eigenvalue weighted by Crippen LogP contribution is 2.24. The minimum absolute atomic E-state index is 0.0324. The van der Waals surface area contributed by atoms with Crippen molar-refractivity contribution < 1.29 is 23.8 Å². The van der Waals surface area contributed by atoms with Crippen molar-refractivity contribution in [3.63, 3.8) is 0 Å². The van der Waals surface area contributed by atoms with Crippen LogP contribution in [0.5, 0.6) is 5.75 Å². The molecule has 0 aliphatic carbocycles. The molecule has 1 saturated heterocycles. The van der Waals surface area contributed by atoms with Crippen LogP contribution < -0.4 is 21.1 Å². The number of carbonyl (C=O) groups excluding carboxylic acids is 2. The zero-order chi connectivity index (χ0) is 23.3. The number of amides is 1. The normalized spacial score (nSPS) is 17.4. The summed E-state index contributed by atoms with van der Waals surface area (Å²) in [6, 6.07) is 14.1. The number of nitrogens with one attached hydrogen (secondary N) is 1. The third-order valence-electron chi connectivity index (χ3n) is 5.47. The molecule has 2 aromatic carbocycles. The van der Waals surface area contributed by atoms with Crippen LogP contribution in [0.2, 0.25) is 0 Å². The number of hydrogen-bond donors (Lipinski definition) is 3. The van der Waals surface area contributed by atoms with Crippen LogP contribution in [0.3, 0.4) is 0 Å². The smallest absolute Gasteiger partial charge is 0.414 e. The fourth-order valence-corrected chi connectivity index (χ4v) is 3.44. The van der Waals surface area contributed by atoms with E-state index in [-0.39, 0.29) is 12.4 Å². The second kappa shape index (κ2) is 9.69. The van der Waals surface area contributed by atoms with Crippen LogP contribution in [0.25, 0.3) is 0 Å². The number of nitrogen functional groups attached to an aromatic ring is 1. The summed E-state index contributed by atoms with van der Waals surface area (Å²) in [5.41, 5.74) is 12.7. The van der Waals surface area contributed by atoms with Crippen molar-refractivity contribution in [3.05, 3.63) is 59.7 Å². The summed E-state index contributed by atoms with van der Waals surface area (Å²) < 4.78 is 16.0. The van der Waals surface area contributed by atoms with Gasteiger partial charge < -0.3 is 25.7 Å². The fraction of sp³-hybridized carbons (Fsp3) is 0.348. The first-order chi connectivity index (χ1) is 15.3. The van der Waals surface area contributed by atoms with E-state index in [0.29, 0.717) is 36.4 Å². The maximum atomic E-state index is 12.2. The standard InChI is InChI=1S/C23H28N4O5/c1-3-23(26,21(28)30-2)12-15-4-10-18(11-5-15)31-14-19-13-27(22(29)32-19)17-8-6-16(7-9-17)20(24)25/h4-11,19H,3,12-14,26H2,1-2H3,(H3,24,25). The third kappa shape index (κ3) is 5.17. The van der Waals surface area contributed by atoms with Gasteiger partial charge in [0.15, 0.2) is 6.10 Å². The van der Waals surface area contributed by atoms with Gasteiger partial charge in [0.05, 0.1) is 13.7 Å². The Hall–Kier alpha value is -3.59. The number of hydrogen-bond acceptors (Lipinski definition) is 7. The highest BCUT2D eigenvalue weighted by atomic mass is 16.6. The van der Waals surface area contributed by atoms with E-state index >= 15 is 0 Å². The molecule has 0 spiro atoms. The molecule has 3 rings (SSSR count). The Morgan fingerprint density at radius 1 is 1.22 bits per heavy atom. The van der Waals surface area contributed by atoms with E-state index in [1.807, 2.05) is 19.1 Å². The number of nitrogens with two attached hydrogens (primary N) is 2. The van der Waals surface area contributed by atoms with Gasteiger partial charge in [-0.2, -0.15) is 0 Å². The molecule has 1 amide bonds. The van der Waals surface area contributed by atoms with Gasteiger partial charge in [-0.1, -0.05) is 19.1 Å². The number of ether oxygens (including phenoxy) is 3. The SMILES string of the molecule is CCC(N)(Cc1ccc(OCC2CN(c3ccc(C(=N)N)cc3)C(=O)O2)cc1)C(=O)OC. The number of methoxy groups -OCH3 is 1. The lowest BCUT2D eigenvalue weighted by atomic mass is 9.89. The Morgan fingerprint density at radius 2 is 1.88 bits per heavy atom. The summed E-state index contributed by atoms with van der Waals surface area (Å²) in [7, 11) is 1.33. The zero-order valence-corrected chi connectivity index (χ0v) is 18.2. The fourth-order valence-electron chi connectivity index (χ4n) is 3.44. The van der Waals surface area contributed by atoms with Crippen LogP contribution in [0.1, 0.15) is 24.5 Å². The van der Waals surface area contributed by atoms with E-state index in [9.17, 15) is 9.59 Å². The highest BCUT2D eigenvalue weighted by Gasteiger charge is 2.34. The molecular formula is C23H28N4O5. The number of carbonyl (C=O) groups is 2. The van der Waals surface area contributed by atoms with Crippen molar-refractivity contribution in [2.75, 3.05) is 25.2 Å². The van der Waals surface area contributed by atoms with Crippen LogP contribution in [-0.4, -0.2) is 49.8 Å². The molecule has 0 aromatic heterocycles. The van der Waals surface area contributed by atoms with Crippen molar-refractivity contribution in [2.24, 2.45) is 11.5 Å². The molecule has 170 valence electrons. The predicted molar refractivity (Wildman–Crippen MR) is 120 cm³/mol. The quantitative estimate of drug-likeness (QED) is 0.308. The predicted octanol–water partition coefficient (Wildman–Crippen LogP) is 2.20. The number of amidine groups is 1. The van der Waals surface area contributed by atoms with Gasteiger partial charge in [0, 0.05) is 17.7 Å². The first-order valence-corrected chi connectivity index (χ1v) is 10.3. The van der Waals surface area contributed by atoms with E-state index in [2.05, 4.69) is 0 Å². The van der Waals surface area contributed by atoms with Gasteiger partial charge in [0.2, 0.25) is 0 Å². The summed E-state index contributed by atoms with van der Waals surface area (Å²) >= 11 is 0. The molecule has 1 fully saturated rings. The van der Waals surface area contributed by atoms with Crippen molar-refractivity contribution in [1.82, 2.24) is 0 Å². The lowest BCUT2D eigenvalue weighted by Crippen LogP contribution is -2.50. The minimum Gasteiger partial charge on any atom is -0.490 e. The third-order valence-corrected chi connectivity index (χ3v) is 5.47. The van der Waals surface area contributed by atoms with Crippen LogP contribution in [0.4, 0.5) is 10.5 Å². The van der Waals surface area contributed by atoms with Gasteiger partial charge in [0.1, 0.15) is 23.7 Å². The monoisotopic (exact) mass is 440 g/mol. The lowest BCUT2D eigenvalue weighted by Gasteiger charge is -2.25. The van der Waals surface area contributed by atoms with Crippen molar-refractivity contribution in [1.29, 1.82) is 5.41 Å². The second-order valence-corrected chi connectivity index (χ2v) is 7.71. The average molecular weight is 441 g/mol. The van der Waals surface area contributed by atoms with Crippen LogP contribution >= 0.6 is 0 Å². The Bertz CT molecular complexity index is 977. The Labute approximate surface area is 186 Å². The molecule has 0 radical (unpaired) electrons. The number of rotatable bonds is 9. The van der Waals surface area contributed by atoms with Crippen molar-refractivity contribution in [2.45, 2.75) is 31.4 Å². The number of esters is 1. The summed E-state index contributed by atoms with van der Waals surface area (Å²) in [4.78, 5) is 25.7. The van der Waals surface area contributed by atoms with Gasteiger partial charge in [-0.05, 0) is 48.4 Å². The number of nitrogens with zero attached hydrogens (tertiary/aromatic N) is 1. The largest absolute Gasteiger partial charge is 0.490 e. The van der Waals surface area contributed by atoms with E-state index in [1.165, 1.54) is 12.0 Å². The van der Waals surface area contributed by atoms with Gasteiger partial charge in [-0.25, -0.2) is 4.79 Å². The molecule has 5 N–H and O–H groups in total. The molecule has 2 unspecified atom stereocenters. The van der Waals surface area contributed by atoms with Gasteiger partial charge in [0.25, 0.3) is 0 Å². The van der Waals surface area contributed by atoms with E-state index in [1.54, 1.807) is 36.4 Å². The van der Waals surface area contributed by atoms with Crippen LogP contribution in [-0.2, 0) is 20.7 Å². The minimum atomic E-state index is -1.07. The van der Waals surface area contributed by atoms with Gasteiger partial charge in [-0.15, -0.1) is 0 Å².